The Morgan fingerprint density at radius 3 is 1.67 bits per heavy atom. The van der Waals surface area contributed by atoms with Gasteiger partial charge in [0.05, 0.1) is 5.37 Å². The summed E-state index contributed by atoms with van der Waals surface area (Å²) in [7, 11) is 1.03. The van der Waals surface area contributed by atoms with Crippen molar-refractivity contribution in [3.63, 3.8) is 0 Å². The molecule has 0 aliphatic carbocycles. The van der Waals surface area contributed by atoms with Gasteiger partial charge in [0.15, 0.2) is 0 Å². The number of rotatable bonds is 7. The Bertz CT molecular complexity index is 435. The van der Waals surface area contributed by atoms with Crippen molar-refractivity contribution in [1.29, 1.82) is 0 Å². The van der Waals surface area contributed by atoms with Gasteiger partial charge in [-0.3, -0.25) is 4.79 Å². The third kappa shape index (κ3) is 5.19. The summed E-state index contributed by atoms with van der Waals surface area (Å²) < 4.78 is 0. The van der Waals surface area contributed by atoms with Crippen molar-refractivity contribution in [1.82, 2.24) is 5.32 Å². The maximum absolute atomic E-state index is 12.9. The fraction of sp³-hybridized carbons (Fsp3) is 0.950. The molecule has 2 unspecified atom stereocenters. The molecule has 0 aliphatic heterocycles. The van der Waals surface area contributed by atoms with Crippen LogP contribution in [0.1, 0.15) is 83.1 Å². The van der Waals surface area contributed by atoms with E-state index in [1.165, 1.54) is 0 Å². The van der Waals surface area contributed by atoms with Crippen LogP contribution in [-0.4, -0.2) is 18.6 Å². The summed E-state index contributed by atoms with van der Waals surface area (Å²) >= 11 is 4.72. The van der Waals surface area contributed by atoms with E-state index in [9.17, 15) is 4.79 Å². The molecule has 24 heavy (non-hydrogen) atoms. The zero-order valence-corrected chi connectivity index (χ0v) is 19.2. The Hall–Kier alpha value is -0.115. The van der Waals surface area contributed by atoms with Crippen molar-refractivity contribution < 1.29 is 4.79 Å². The second-order valence-electron chi connectivity index (χ2n) is 10.7. The van der Waals surface area contributed by atoms with Crippen molar-refractivity contribution in [2.24, 2.45) is 22.2 Å². The normalized spacial score (nSPS) is 16.8. The highest BCUT2D eigenvalue weighted by Crippen LogP contribution is 2.47. The van der Waals surface area contributed by atoms with Gasteiger partial charge >= 0.3 is 0 Å². The van der Waals surface area contributed by atoms with E-state index in [0.717, 1.165) is 7.28 Å². The lowest BCUT2D eigenvalue weighted by Crippen LogP contribution is -2.51. The predicted molar refractivity (Wildman–Crippen MR) is 113 cm³/mol. The monoisotopic (exact) mass is 355 g/mol. The quantitative estimate of drug-likeness (QED) is 0.350. The van der Waals surface area contributed by atoms with E-state index in [4.69, 9.17) is 12.6 Å². The van der Waals surface area contributed by atoms with Gasteiger partial charge in [0.25, 0.3) is 0 Å². The average molecular weight is 355 g/mol. The summed E-state index contributed by atoms with van der Waals surface area (Å²) in [4.78, 5) is 12.9. The molecule has 4 heteroatoms. The lowest BCUT2D eigenvalue weighted by molar-refractivity contribution is -0.137. The van der Waals surface area contributed by atoms with E-state index in [2.05, 4.69) is 74.6 Å². The SMILES string of the molecule is CC(BC(C)(C)C(C)(C)C)C(S)NC(=O)C(C)(C)C(C)(C)C(C)C. The van der Waals surface area contributed by atoms with E-state index in [1.54, 1.807) is 0 Å². The lowest BCUT2D eigenvalue weighted by Gasteiger charge is -2.45. The number of hydrogen-bond donors (Lipinski definition) is 2. The summed E-state index contributed by atoms with van der Waals surface area (Å²) in [5.74, 6) is 0.833. The molecule has 0 saturated carbocycles. The van der Waals surface area contributed by atoms with Gasteiger partial charge in [-0.05, 0) is 22.6 Å². The van der Waals surface area contributed by atoms with Crippen molar-refractivity contribution in [3.8, 4) is 0 Å². The number of carbonyl (C=O) groups excluding carboxylic acids is 1. The van der Waals surface area contributed by atoms with E-state index in [-0.39, 0.29) is 27.4 Å². The Kier molecular flexibility index (Phi) is 7.60. The summed E-state index contributed by atoms with van der Waals surface area (Å²) in [6, 6.07) is 0. The number of hydrogen-bond acceptors (Lipinski definition) is 2. The average Bonchev–Trinajstić information content (AvgIpc) is 2.35. The molecule has 0 rings (SSSR count). The van der Waals surface area contributed by atoms with E-state index in [1.807, 2.05) is 13.8 Å². The molecule has 1 N–H and O–H groups in total. The van der Waals surface area contributed by atoms with Gasteiger partial charge in [-0.15, -0.1) is 0 Å². The summed E-state index contributed by atoms with van der Waals surface area (Å²) in [6.07, 6.45) is 0. The highest BCUT2D eigenvalue weighted by Gasteiger charge is 2.45. The zero-order valence-electron chi connectivity index (χ0n) is 18.3. The van der Waals surface area contributed by atoms with Crippen LogP contribution in [0.4, 0.5) is 0 Å². The Balaban J connectivity index is 5.06. The third-order valence-electron chi connectivity index (χ3n) is 7.30. The molecule has 0 spiro atoms. The largest absolute Gasteiger partial charge is 0.345 e. The fourth-order valence-corrected chi connectivity index (χ4v) is 2.92. The number of nitrogens with one attached hydrogen (secondary N) is 1. The van der Waals surface area contributed by atoms with Crippen LogP contribution < -0.4 is 5.32 Å². The molecule has 0 aromatic heterocycles. The molecule has 0 radical (unpaired) electrons. The molecular weight excluding hydrogens is 313 g/mol. The minimum atomic E-state index is -0.443. The van der Waals surface area contributed by atoms with E-state index >= 15 is 0 Å². The summed E-state index contributed by atoms with van der Waals surface area (Å²) in [6.45, 7) is 26.4. The lowest BCUT2D eigenvalue weighted by atomic mass is 9.40. The summed E-state index contributed by atoms with van der Waals surface area (Å²) in [5, 5.41) is 3.24. The van der Waals surface area contributed by atoms with E-state index < -0.39 is 5.41 Å². The van der Waals surface area contributed by atoms with Crippen LogP contribution in [-0.2, 0) is 4.79 Å². The van der Waals surface area contributed by atoms with Gasteiger partial charge in [0, 0.05) is 5.41 Å². The van der Waals surface area contributed by atoms with Crippen LogP contribution in [0, 0.1) is 22.2 Å². The van der Waals surface area contributed by atoms with Gasteiger partial charge in [-0.25, -0.2) is 0 Å². The van der Waals surface area contributed by atoms with Crippen LogP contribution in [0.3, 0.4) is 0 Å². The molecule has 0 heterocycles. The second-order valence-corrected chi connectivity index (χ2v) is 11.3. The van der Waals surface area contributed by atoms with E-state index in [0.29, 0.717) is 11.7 Å². The van der Waals surface area contributed by atoms with Gasteiger partial charge < -0.3 is 5.32 Å². The number of thiol groups is 1. The molecule has 1 amide bonds. The van der Waals surface area contributed by atoms with Crippen LogP contribution in [0.2, 0.25) is 11.1 Å². The first-order chi connectivity index (χ1) is 10.4. The fourth-order valence-electron chi connectivity index (χ4n) is 2.69. The molecule has 0 bridgehead atoms. The Labute approximate surface area is 158 Å². The molecular formula is C20H42BNOS. The van der Waals surface area contributed by atoms with Gasteiger partial charge in [-0.2, -0.15) is 12.6 Å². The van der Waals surface area contributed by atoms with Crippen LogP contribution in [0.15, 0.2) is 0 Å². The molecule has 142 valence electrons. The molecule has 0 aliphatic rings. The van der Waals surface area contributed by atoms with Crippen molar-refractivity contribution in [2.45, 2.75) is 99.6 Å². The number of carbonyl (C=O) groups is 1. The first-order valence-electron chi connectivity index (χ1n) is 9.37. The molecule has 2 atom stereocenters. The Morgan fingerprint density at radius 2 is 1.33 bits per heavy atom. The molecule has 2 nitrogen and oxygen atoms in total. The first kappa shape index (κ1) is 23.9. The van der Waals surface area contributed by atoms with Gasteiger partial charge in [0.1, 0.15) is 7.28 Å². The molecule has 0 fully saturated rings. The van der Waals surface area contributed by atoms with Crippen LogP contribution >= 0.6 is 12.6 Å². The zero-order chi connectivity index (χ0) is 19.7. The third-order valence-corrected chi connectivity index (χ3v) is 7.94. The highest BCUT2D eigenvalue weighted by molar-refractivity contribution is 7.81. The van der Waals surface area contributed by atoms with Gasteiger partial charge in [-0.1, -0.05) is 88.4 Å². The second kappa shape index (κ2) is 7.64. The molecule has 0 aromatic carbocycles. The van der Waals surface area contributed by atoms with Crippen molar-refractivity contribution in [3.05, 3.63) is 0 Å². The highest BCUT2D eigenvalue weighted by atomic mass is 32.1. The predicted octanol–water partition coefficient (Wildman–Crippen LogP) is 5.56. The maximum Gasteiger partial charge on any atom is 0.227 e. The van der Waals surface area contributed by atoms with Crippen LogP contribution in [0.5, 0.6) is 0 Å². The van der Waals surface area contributed by atoms with Crippen LogP contribution in [0.25, 0.3) is 0 Å². The van der Waals surface area contributed by atoms with Crippen molar-refractivity contribution >= 4 is 25.8 Å². The summed E-state index contributed by atoms with van der Waals surface area (Å²) in [5.41, 5.74) is -0.308. The van der Waals surface area contributed by atoms with Gasteiger partial charge in [0.2, 0.25) is 5.91 Å². The first-order valence-corrected chi connectivity index (χ1v) is 9.88. The minimum absolute atomic E-state index is 0.0848. The van der Waals surface area contributed by atoms with Crippen molar-refractivity contribution in [2.75, 3.05) is 0 Å². The standard InChI is InChI=1S/C20H42BNOS/c1-13(2)18(7,8)19(9,10)16(23)22-15(24)14(3)21-20(11,12)17(4,5)6/h13-15,21,24H,1-12H3,(H,22,23). The maximum atomic E-state index is 12.9. The minimum Gasteiger partial charge on any atom is -0.345 e. The molecule has 0 aromatic rings. The topological polar surface area (TPSA) is 29.1 Å². The molecule has 0 saturated heterocycles. The smallest absolute Gasteiger partial charge is 0.227 e. The number of amides is 1. The Morgan fingerprint density at radius 1 is 0.917 bits per heavy atom.